The molecule has 1 aromatic carbocycles. The number of para-hydroxylation sites is 1. The maximum atomic E-state index is 14.9. The number of likely N-dealkylation sites (tertiary alicyclic amines) is 1. The predicted molar refractivity (Wildman–Crippen MR) is 289 cm³/mol. The number of nitrogens with two attached hydrogens (primary N) is 4. The van der Waals surface area contributed by atoms with E-state index in [1.165, 1.54) is 26.5 Å². The lowest BCUT2D eigenvalue weighted by atomic mass is 9.85. The molecule has 26 heteroatoms. The van der Waals surface area contributed by atoms with Gasteiger partial charge in [-0.3, -0.25) is 52.9 Å². The minimum absolute atomic E-state index is 0.0140. The fourth-order valence-corrected chi connectivity index (χ4v) is 13.0. The van der Waals surface area contributed by atoms with E-state index in [9.17, 15) is 47.9 Å². The molecule has 1 aromatic heterocycles. The van der Waals surface area contributed by atoms with E-state index in [4.69, 9.17) is 22.9 Å². The molecule has 76 heavy (non-hydrogen) atoms. The van der Waals surface area contributed by atoms with E-state index in [0.717, 1.165) is 35.7 Å². The lowest BCUT2D eigenvalue weighted by molar-refractivity contribution is -0.142. The third kappa shape index (κ3) is 17.2. The molecule has 0 radical (unpaired) electrons. The van der Waals surface area contributed by atoms with Gasteiger partial charge in [-0.05, 0) is 62.0 Å². The van der Waals surface area contributed by atoms with Gasteiger partial charge in [-0.1, -0.05) is 93.2 Å². The molecule has 3 heterocycles. The molecule has 16 N–H and O–H groups in total. The first-order valence-electron chi connectivity index (χ1n) is 26.0. The second-order valence-corrected chi connectivity index (χ2v) is 23.1. The van der Waals surface area contributed by atoms with Crippen molar-refractivity contribution in [3.63, 3.8) is 0 Å². The van der Waals surface area contributed by atoms with Crippen molar-refractivity contribution in [3.8, 4) is 0 Å². The first kappa shape index (κ1) is 60.3. The van der Waals surface area contributed by atoms with Crippen LogP contribution in [-0.2, 0) is 54.4 Å². The lowest BCUT2D eigenvalue weighted by Gasteiger charge is -2.37. The van der Waals surface area contributed by atoms with Crippen molar-refractivity contribution < 1.29 is 47.9 Å². The molecule has 1 spiro atoms. The summed E-state index contributed by atoms with van der Waals surface area (Å²) in [4.78, 5) is 147. The molecule has 1 aliphatic carbocycles. The Kier molecular flexibility index (Phi) is 22.6. The molecule has 5 rings (SSSR count). The van der Waals surface area contributed by atoms with Crippen molar-refractivity contribution in [2.75, 3.05) is 25.4 Å². The Bertz CT molecular complexity index is 2460. The number of amides is 10. The third-order valence-corrected chi connectivity index (χ3v) is 17.3. The summed E-state index contributed by atoms with van der Waals surface area (Å²) in [6.07, 6.45) is 6.14. The Hall–Kier alpha value is -6.57. The smallest absolute Gasteiger partial charge is 0.246 e. The Morgan fingerprint density at radius 3 is 2.18 bits per heavy atom. The third-order valence-electron chi connectivity index (χ3n) is 14.0. The monoisotopic (exact) mass is 1100 g/mol. The van der Waals surface area contributed by atoms with E-state index in [1.54, 1.807) is 27.0 Å². The van der Waals surface area contributed by atoms with Crippen LogP contribution >= 0.6 is 21.6 Å². The highest BCUT2D eigenvalue weighted by Gasteiger charge is 2.43. The zero-order valence-corrected chi connectivity index (χ0v) is 45.3. The van der Waals surface area contributed by atoms with Gasteiger partial charge in [0.25, 0.3) is 0 Å². The topological polar surface area (TPSA) is 390 Å². The van der Waals surface area contributed by atoms with Crippen LogP contribution in [0.15, 0.2) is 35.5 Å². The van der Waals surface area contributed by atoms with Crippen molar-refractivity contribution >= 4 is 97.5 Å². The molecule has 10 amide bonds. The molecule has 2 aliphatic heterocycles. The molecule has 1 unspecified atom stereocenters. The molecule has 8 atom stereocenters. The zero-order chi connectivity index (χ0) is 55.7. The Labute approximate surface area is 450 Å². The van der Waals surface area contributed by atoms with Crippen molar-refractivity contribution in [3.05, 3.63) is 36.0 Å². The molecule has 24 nitrogen and oxygen atoms in total. The van der Waals surface area contributed by atoms with Crippen LogP contribution in [0.5, 0.6) is 0 Å². The number of hydrogen-bond donors (Lipinski definition) is 12. The highest BCUT2D eigenvalue weighted by molar-refractivity contribution is 8.77. The number of H-pyrrole nitrogens is 1. The minimum Gasteiger partial charge on any atom is -0.370 e. The molecule has 0 bridgehead atoms. The zero-order valence-electron chi connectivity index (χ0n) is 43.7. The van der Waals surface area contributed by atoms with Gasteiger partial charge in [-0.25, -0.2) is 0 Å². The summed E-state index contributed by atoms with van der Waals surface area (Å²) < 4.78 is -0.692. The molecule has 418 valence electrons. The summed E-state index contributed by atoms with van der Waals surface area (Å²) in [5.41, 5.74) is 23.4. The Balaban J connectivity index is 1.51. The molecular formula is C50H76N14O10S2. The van der Waals surface area contributed by atoms with Gasteiger partial charge in [0.2, 0.25) is 59.1 Å². The summed E-state index contributed by atoms with van der Waals surface area (Å²) in [6.45, 7) is 6.63. The van der Waals surface area contributed by atoms with Crippen molar-refractivity contribution in [2.24, 2.45) is 39.8 Å². The minimum atomic E-state index is -1.64. The second kappa shape index (κ2) is 28.5. The number of nitrogens with zero attached hydrogens (tertiary/aromatic N) is 2. The maximum Gasteiger partial charge on any atom is 0.246 e. The van der Waals surface area contributed by atoms with Crippen molar-refractivity contribution in [2.45, 2.75) is 158 Å². The van der Waals surface area contributed by atoms with Gasteiger partial charge < -0.3 is 70.0 Å². The number of primary amides is 2. The fourth-order valence-electron chi connectivity index (χ4n) is 9.67. The van der Waals surface area contributed by atoms with Crippen LogP contribution in [0.2, 0.25) is 0 Å². The van der Waals surface area contributed by atoms with Gasteiger partial charge in [0.15, 0.2) is 5.96 Å². The fraction of sp³-hybridized carbons (Fsp3) is 0.620. The van der Waals surface area contributed by atoms with Crippen LogP contribution < -0.4 is 60.2 Å². The number of aromatic amines is 1. The number of benzene rings is 1. The van der Waals surface area contributed by atoms with Gasteiger partial charge in [-0.15, -0.1) is 0 Å². The number of fused-ring (bicyclic) bond motifs is 1. The predicted octanol–water partition coefficient (Wildman–Crippen LogP) is -0.669. The van der Waals surface area contributed by atoms with Crippen molar-refractivity contribution in [1.82, 2.24) is 47.1 Å². The van der Waals surface area contributed by atoms with E-state index in [-0.39, 0.29) is 56.9 Å². The van der Waals surface area contributed by atoms with Crippen LogP contribution in [0, 0.1) is 11.8 Å². The molecule has 3 fully saturated rings. The highest BCUT2D eigenvalue weighted by Crippen LogP contribution is 2.48. The molecule has 3 aliphatic rings. The Morgan fingerprint density at radius 1 is 0.829 bits per heavy atom. The summed E-state index contributed by atoms with van der Waals surface area (Å²) in [6, 6.07) is -1.40. The van der Waals surface area contributed by atoms with E-state index in [2.05, 4.69) is 47.2 Å². The normalized spacial score (nSPS) is 24.0. The number of guanidine groups is 1. The van der Waals surface area contributed by atoms with Crippen LogP contribution in [0.4, 0.5) is 0 Å². The summed E-state index contributed by atoms with van der Waals surface area (Å²) in [7, 11) is 2.61. The average molecular weight is 1100 g/mol. The first-order chi connectivity index (χ1) is 36.1. The molecule has 2 saturated heterocycles. The van der Waals surface area contributed by atoms with Crippen LogP contribution in [0.25, 0.3) is 10.9 Å². The van der Waals surface area contributed by atoms with Crippen LogP contribution in [0.1, 0.15) is 110 Å². The van der Waals surface area contributed by atoms with Gasteiger partial charge in [0.1, 0.15) is 42.3 Å². The van der Waals surface area contributed by atoms with Gasteiger partial charge >= 0.3 is 0 Å². The van der Waals surface area contributed by atoms with Gasteiger partial charge in [0.05, 0.1) is 13.0 Å². The highest BCUT2D eigenvalue weighted by atomic mass is 33.1. The number of aliphatic imine (C=N–C) groups is 1. The molecule has 2 aromatic rings. The molecular weight excluding hydrogens is 1020 g/mol. The number of carbonyl (C=O) groups is 10. The average Bonchev–Trinajstić information content (AvgIpc) is 4.03. The van der Waals surface area contributed by atoms with Crippen LogP contribution in [-0.4, -0.2) is 147 Å². The summed E-state index contributed by atoms with van der Waals surface area (Å²) in [5, 5.41) is 19.9. The molecule has 1 saturated carbocycles. The quantitative estimate of drug-likeness (QED) is 0.0405. The van der Waals surface area contributed by atoms with Gasteiger partial charge in [0, 0.05) is 53.5 Å². The Morgan fingerprint density at radius 2 is 1.51 bits per heavy atom. The summed E-state index contributed by atoms with van der Waals surface area (Å²) in [5.74, 6) is -8.73. The first-order valence-corrected chi connectivity index (χ1v) is 28.3. The second-order valence-electron chi connectivity index (χ2n) is 20.3. The maximum absolute atomic E-state index is 14.9. The van der Waals surface area contributed by atoms with E-state index < -0.39 is 131 Å². The van der Waals surface area contributed by atoms with Crippen LogP contribution in [0.3, 0.4) is 0 Å². The number of aromatic nitrogens is 1. The number of nitrogens with one attached hydrogen (secondary N) is 8. The largest absolute Gasteiger partial charge is 0.370 e. The standard InChI is InChI=1S/C50H76N14O10S2/c1-5-28(4)41-47(73)62-40(27(2)3)46(72)60-34(22-37(51)65)43(69)61-35(48(74)64-20-12-16-36(64)45(71)59-32(15-11-19-55-49(53)54)42(68)57-25-38(52)66)26-75-76-50(17-9-6-10-18-50)23-39(67)58-33(44(70)63-41)21-29-24-56-31-14-8-7-13-30(29)31/h7-8,13-14,24,27-28,32-36,40-41,56H,5-6,9-12,15-23,25-26H2,1-4H3,(H2,51,65)(H2,52,66)(H,57,68)(H,58,67)(H,59,71)(H,60,72)(H,61,69)(H,62,73)(H,63,70)(H4,53,54,55)/t28-,32-,33+,34-,35-,36-,40?,41-/m0/s1. The number of hydrogen-bond acceptors (Lipinski definition) is 13. The summed E-state index contributed by atoms with van der Waals surface area (Å²) >= 11 is 0. The number of rotatable bonds is 17. The van der Waals surface area contributed by atoms with E-state index >= 15 is 0 Å². The number of carbonyl (C=O) groups excluding carboxylic acids is 10. The van der Waals surface area contributed by atoms with E-state index in [0.29, 0.717) is 25.7 Å². The van der Waals surface area contributed by atoms with E-state index in [1.807, 2.05) is 31.2 Å². The SMILES string of the molecule is CC[C@H](C)[C@@H]1NC(=O)[C@@H](Cc2c[nH]c3ccccc23)NC(=O)CC2(CCCCC2)SSC[C@@H](C(=O)N2CCC[C@H]2C(=O)N[C@@H](CCCN=C(N)N)C(=O)NCC(N)=O)NC(=O)[C@H](CC(N)=O)NC(=O)C(C(C)C)NC1=O. The van der Waals surface area contributed by atoms with Gasteiger partial charge in [-0.2, -0.15) is 0 Å². The lowest BCUT2D eigenvalue weighted by Crippen LogP contribution is -2.62. The van der Waals surface area contributed by atoms with Crippen molar-refractivity contribution in [1.29, 1.82) is 0 Å².